The standard InChI is InChI=1S/C15H21NO2/c1-4-8-15(11-16,10-12(2)17)13-6-5-7-14(9-13)18-3/h5-7,9,12,17H,4,8,10H2,1-3H3/t12-,15-/m1/s1. The van der Waals surface area contributed by atoms with Gasteiger partial charge >= 0.3 is 0 Å². The van der Waals surface area contributed by atoms with Crippen LogP contribution in [0.5, 0.6) is 5.75 Å². The number of hydrogen-bond acceptors (Lipinski definition) is 3. The fourth-order valence-corrected chi connectivity index (χ4v) is 2.38. The number of methoxy groups -OCH3 is 1. The fourth-order valence-electron chi connectivity index (χ4n) is 2.38. The van der Waals surface area contributed by atoms with E-state index in [1.165, 1.54) is 0 Å². The molecule has 0 aromatic heterocycles. The molecule has 98 valence electrons. The molecule has 0 unspecified atom stereocenters. The van der Waals surface area contributed by atoms with Gasteiger partial charge in [0.05, 0.1) is 24.7 Å². The third-order valence-corrected chi connectivity index (χ3v) is 3.16. The molecule has 2 atom stereocenters. The lowest BCUT2D eigenvalue weighted by atomic mass is 9.74. The highest BCUT2D eigenvalue weighted by Crippen LogP contribution is 2.35. The van der Waals surface area contributed by atoms with Crippen molar-refractivity contribution in [3.63, 3.8) is 0 Å². The molecule has 0 aliphatic heterocycles. The zero-order valence-corrected chi connectivity index (χ0v) is 11.3. The summed E-state index contributed by atoms with van der Waals surface area (Å²) in [5, 5.41) is 19.2. The van der Waals surface area contributed by atoms with Crippen LogP contribution in [0, 0.1) is 11.3 Å². The molecule has 0 bridgehead atoms. The van der Waals surface area contributed by atoms with Crippen LogP contribution in [0.15, 0.2) is 24.3 Å². The third-order valence-electron chi connectivity index (χ3n) is 3.16. The number of rotatable bonds is 6. The van der Waals surface area contributed by atoms with Gasteiger partial charge in [-0.1, -0.05) is 25.5 Å². The first-order chi connectivity index (χ1) is 8.57. The molecule has 0 saturated heterocycles. The van der Waals surface area contributed by atoms with Gasteiger partial charge in [0.1, 0.15) is 5.75 Å². The van der Waals surface area contributed by atoms with Gasteiger partial charge in [-0.2, -0.15) is 5.26 Å². The summed E-state index contributed by atoms with van der Waals surface area (Å²) in [6.07, 6.45) is 1.59. The van der Waals surface area contributed by atoms with Gasteiger partial charge in [0.2, 0.25) is 0 Å². The first-order valence-electron chi connectivity index (χ1n) is 6.32. The van der Waals surface area contributed by atoms with Gasteiger partial charge in [0.25, 0.3) is 0 Å². The SMILES string of the molecule is CCC[C@](C#N)(C[C@@H](C)O)c1cccc(OC)c1. The van der Waals surface area contributed by atoms with E-state index in [0.29, 0.717) is 6.42 Å². The molecular weight excluding hydrogens is 226 g/mol. The number of aliphatic hydroxyl groups excluding tert-OH is 1. The van der Waals surface area contributed by atoms with E-state index in [1.807, 2.05) is 31.2 Å². The average Bonchev–Trinajstić information content (AvgIpc) is 2.37. The lowest BCUT2D eigenvalue weighted by Crippen LogP contribution is -2.28. The van der Waals surface area contributed by atoms with Crippen LogP contribution in [0.1, 0.15) is 38.7 Å². The van der Waals surface area contributed by atoms with E-state index in [4.69, 9.17) is 4.74 Å². The van der Waals surface area contributed by atoms with Crippen molar-refractivity contribution in [1.29, 1.82) is 5.26 Å². The number of aliphatic hydroxyl groups is 1. The molecule has 1 aromatic rings. The first-order valence-corrected chi connectivity index (χ1v) is 6.32. The Balaban J connectivity index is 3.19. The van der Waals surface area contributed by atoms with Crippen molar-refractivity contribution in [1.82, 2.24) is 0 Å². The Morgan fingerprint density at radius 3 is 2.72 bits per heavy atom. The Kier molecular flexibility index (Phi) is 5.18. The monoisotopic (exact) mass is 247 g/mol. The summed E-state index contributed by atoms with van der Waals surface area (Å²) in [7, 11) is 1.61. The minimum atomic E-state index is -0.628. The van der Waals surface area contributed by atoms with Gasteiger partial charge in [-0.25, -0.2) is 0 Å². The molecule has 1 N–H and O–H groups in total. The molecule has 1 aromatic carbocycles. The average molecular weight is 247 g/mol. The molecule has 0 aliphatic rings. The molecule has 3 nitrogen and oxygen atoms in total. The highest BCUT2D eigenvalue weighted by molar-refractivity contribution is 5.38. The van der Waals surface area contributed by atoms with Crippen LogP contribution >= 0.6 is 0 Å². The minimum absolute atomic E-state index is 0.449. The molecule has 0 saturated carbocycles. The molecule has 0 amide bonds. The number of nitrogens with zero attached hydrogens (tertiary/aromatic N) is 1. The topological polar surface area (TPSA) is 53.2 Å². The fraction of sp³-hybridized carbons (Fsp3) is 0.533. The Morgan fingerprint density at radius 1 is 1.50 bits per heavy atom. The van der Waals surface area contributed by atoms with Crippen molar-refractivity contribution in [3.05, 3.63) is 29.8 Å². The molecule has 0 spiro atoms. The summed E-state index contributed by atoms with van der Waals surface area (Å²) in [5.74, 6) is 0.744. The molecule has 0 radical (unpaired) electrons. The van der Waals surface area contributed by atoms with E-state index in [-0.39, 0.29) is 0 Å². The van der Waals surface area contributed by atoms with E-state index in [0.717, 1.165) is 24.2 Å². The van der Waals surface area contributed by atoms with E-state index in [9.17, 15) is 10.4 Å². The van der Waals surface area contributed by atoms with Gasteiger partial charge in [0.15, 0.2) is 0 Å². The van der Waals surface area contributed by atoms with Crippen LogP contribution in [0.2, 0.25) is 0 Å². The van der Waals surface area contributed by atoms with E-state index >= 15 is 0 Å². The highest BCUT2D eigenvalue weighted by Gasteiger charge is 2.33. The van der Waals surface area contributed by atoms with E-state index in [2.05, 4.69) is 6.07 Å². The lowest BCUT2D eigenvalue weighted by molar-refractivity contribution is 0.158. The first kappa shape index (κ1) is 14.5. The summed E-state index contributed by atoms with van der Waals surface area (Å²) in [6, 6.07) is 9.97. The zero-order valence-electron chi connectivity index (χ0n) is 11.3. The Labute approximate surface area is 109 Å². The van der Waals surface area contributed by atoms with Gasteiger partial charge in [-0.3, -0.25) is 0 Å². The highest BCUT2D eigenvalue weighted by atomic mass is 16.5. The lowest BCUT2D eigenvalue weighted by Gasteiger charge is -2.28. The van der Waals surface area contributed by atoms with E-state index in [1.54, 1.807) is 14.0 Å². The van der Waals surface area contributed by atoms with Crippen molar-refractivity contribution >= 4 is 0 Å². The van der Waals surface area contributed by atoms with Crippen LogP contribution < -0.4 is 4.74 Å². The van der Waals surface area contributed by atoms with Gasteiger partial charge in [-0.15, -0.1) is 0 Å². The Hall–Kier alpha value is -1.53. The maximum atomic E-state index is 9.65. The van der Waals surface area contributed by atoms with Crippen molar-refractivity contribution < 1.29 is 9.84 Å². The van der Waals surface area contributed by atoms with Crippen molar-refractivity contribution in [2.75, 3.05) is 7.11 Å². The Morgan fingerprint density at radius 2 is 2.22 bits per heavy atom. The predicted octanol–water partition coefficient (Wildman–Crippen LogP) is 3.03. The summed E-state index contributed by atoms with van der Waals surface area (Å²) >= 11 is 0. The quantitative estimate of drug-likeness (QED) is 0.840. The summed E-state index contributed by atoms with van der Waals surface area (Å²) in [5.41, 5.74) is 0.296. The number of hydrogen-bond donors (Lipinski definition) is 1. The Bertz CT molecular complexity index is 423. The predicted molar refractivity (Wildman–Crippen MR) is 71.5 cm³/mol. The van der Waals surface area contributed by atoms with Gasteiger partial charge in [0, 0.05) is 0 Å². The molecule has 0 heterocycles. The van der Waals surface area contributed by atoms with Crippen molar-refractivity contribution in [2.45, 2.75) is 44.6 Å². The van der Waals surface area contributed by atoms with Crippen molar-refractivity contribution in [3.8, 4) is 11.8 Å². The van der Waals surface area contributed by atoms with Crippen LogP contribution in [0.3, 0.4) is 0 Å². The minimum Gasteiger partial charge on any atom is -0.497 e. The smallest absolute Gasteiger partial charge is 0.119 e. The summed E-state index contributed by atoms with van der Waals surface area (Å²) in [4.78, 5) is 0. The normalized spacial score (nSPS) is 15.5. The number of ether oxygens (including phenoxy) is 1. The summed E-state index contributed by atoms with van der Waals surface area (Å²) in [6.45, 7) is 3.77. The second-order valence-corrected chi connectivity index (χ2v) is 4.73. The largest absolute Gasteiger partial charge is 0.497 e. The second-order valence-electron chi connectivity index (χ2n) is 4.73. The van der Waals surface area contributed by atoms with Gasteiger partial charge < -0.3 is 9.84 Å². The molecule has 0 aliphatic carbocycles. The molecular formula is C15H21NO2. The van der Waals surface area contributed by atoms with Gasteiger partial charge in [-0.05, 0) is 37.5 Å². The molecule has 18 heavy (non-hydrogen) atoms. The summed E-state index contributed by atoms with van der Waals surface area (Å²) < 4.78 is 5.21. The third kappa shape index (κ3) is 3.24. The maximum absolute atomic E-state index is 9.65. The van der Waals surface area contributed by atoms with Crippen LogP contribution in [0.4, 0.5) is 0 Å². The van der Waals surface area contributed by atoms with Crippen LogP contribution in [-0.2, 0) is 5.41 Å². The molecule has 3 heteroatoms. The van der Waals surface area contributed by atoms with Crippen molar-refractivity contribution in [2.24, 2.45) is 0 Å². The zero-order chi connectivity index (χ0) is 13.6. The van der Waals surface area contributed by atoms with Crippen LogP contribution in [0.25, 0.3) is 0 Å². The molecule has 1 rings (SSSR count). The molecule has 0 fully saturated rings. The van der Waals surface area contributed by atoms with Crippen LogP contribution in [-0.4, -0.2) is 18.3 Å². The second kappa shape index (κ2) is 6.42. The number of nitriles is 1. The maximum Gasteiger partial charge on any atom is 0.119 e. The van der Waals surface area contributed by atoms with E-state index < -0.39 is 11.5 Å². The number of benzene rings is 1.